The summed E-state index contributed by atoms with van der Waals surface area (Å²) in [4.78, 5) is 18.6. The number of piperazine rings is 1. The molecule has 3 atom stereocenters. The molecule has 0 radical (unpaired) electrons. The number of β-amino-alcohol motifs (C(OH)–C–C–N with tert-alkyl or cyclic N) is 1. The number of hydrogen-bond acceptors (Lipinski definition) is 5. The Morgan fingerprint density at radius 3 is 2.56 bits per heavy atom. The molecule has 9 heteroatoms. The number of carbonyl (C=O) groups is 1. The molecule has 0 bridgehead atoms. The lowest BCUT2D eigenvalue weighted by atomic mass is 9.90. The van der Waals surface area contributed by atoms with Crippen LogP contribution in [0.4, 0.5) is 18.9 Å². The second kappa shape index (κ2) is 8.83. The predicted molar refractivity (Wildman–Crippen MR) is 114 cm³/mol. The number of piperidine rings is 1. The lowest BCUT2D eigenvalue weighted by Crippen LogP contribution is -2.60. The average Bonchev–Trinajstić information content (AvgIpc) is 3.54. The van der Waals surface area contributed by atoms with Gasteiger partial charge in [-0.2, -0.15) is 13.2 Å². The summed E-state index contributed by atoms with van der Waals surface area (Å²) in [5.41, 5.74) is -0.225. The van der Waals surface area contributed by atoms with Gasteiger partial charge >= 0.3 is 6.18 Å². The molecule has 3 fully saturated rings. The first-order valence-corrected chi connectivity index (χ1v) is 11.4. The van der Waals surface area contributed by atoms with Gasteiger partial charge in [-0.25, -0.2) is 0 Å². The number of rotatable bonds is 6. The van der Waals surface area contributed by atoms with Gasteiger partial charge < -0.3 is 24.9 Å². The number of benzene rings is 1. The van der Waals surface area contributed by atoms with E-state index in [-0.39, 0.29) is 30.1 Å². The highest BCUT2D eigenvalue weighted by Gasteiger charge is 2.51. The van der Waals surface area contributed by atoms with Crippen LogP contribution in [0.15, 0.2) is 24.3 Å². The average molecular weight is 456 g/mol. The van der Waals surface area contributed by atoms with E-state index in [2.05, 4.69) is 4.90 Å². The zero-order valence-electron chi connectivity index (χ0n) is 18.4. The van der Waals surface area contributed by atoms with E-state index in [1.807, 2.05) is 0 Å². The monoisotopic (exact) mass is 455 g/mol. The van der Waals surface area contributed by atoms with Gasteiger partial charge in [0, 0.05) is 31.9 Å². The number of hydrogen-bond donors (Lipinski definition) is 2. The van der Waals surface area contributed by atoms with E-state index in [1.165, 1.54) is 6.07 Å². The number of nitrogens with zero attached hydrogens (tertiary/aromatic N) is 3. The van der Waals surface area contributed by atoms with Crippen molar-refractivity contribution < 1.29 is 28.2 Å². The first-order chi connectivity index (χ1) is 15.1. The summed E-state index contributed by atoms with van der Waals surface area (Å²) < 4.78 is 39.3. The zero-order valence-corrected chi connectivity index (χ0v) is 18.4. The van der Waals surface area contributed by atoms with Crippen LogP contribution in [0.2, 0.25) is 0 Å². The van der Waals surface area contributed by atoms with Crippen molar-refractivity contribution in [2.24, 2.45) is 5.41 Å². The summed E-state index contributed by atoms with van der Waals surface area (Å²) >= 11 is 0. The molecule has 2 saturated heterocycles. The Bertz CT molecular complexity index is 830. The maximum atomic E-state index is 13.1. The van der Waals surface area contributed by atoms with Gasteiger partial charge in [-0.1, -0.05) is 6.07 Å². The summed E-state index contributed by atoms with van der Waals surface area (Å²) in [6.07, 6.45) is -0.953. The number of aliphatic hydroxyl groups excluding tert-OH is 2. The highest BCUT2D eigenvalue weighted by molar-refractivity contribution is 5.86. The molecule has 1 spiro atoms. The Morgan fingerprint density at radius 2 is 1.94 bits per heavy atom. The molecule has 3 aliphatic rings. The summed E-state index contributed by atoms with van der Waals surface area (Å²) in [5, 5.41) is 20.4. The number of amides is 1. The minimum absolute atomic E-state index is 0.137. The van der Waals surface area contributed by atoms with Crippen molar-refractivity contribution in [2.45, 2.75) is 57.0 Å². The third-order valence-electron chi connectivity index (χ3n) is 7.58. The molecule has 1 amide bonds. The van der Waals surface area contributed by atoms with Crippen LogP contribution in [0.5, 0.6) is 0 Å². The van der Waals surface area contributed by atoms with Crippen LogP contribution in [0.25, 0.3) is 0 Å². The number of halogens is 3. The van der Waals surface area contributed by atoms with Crippen molar-refractivity contribution in [2.75, 3.05) is 44.2 Å². The first-order valence-electron chi connectivity index (χ1n) is 11.4. The topological polar surface area (TPSA) is 67.2 Å². The third kappa shape index (κ3) is 4.61. The van der Waals surface area contributed by atoms with E-state index in [4.69, 9.17) is 0 Å². The minimum Gasteiger partial charge on any atom is -0.394 e. The van der Waals surface area contributed by atoms with Gasteiger partial charge in [0.1, 0.15) is 6.04 Å². The smallest absolute Gasteiger partial charge is 0.394 e. The fraction of sp³-hybridized carbons (Fsp3) is 0.696. The van der Waals surface area contributed by atoms with E-state index in [0.29, 0.717) is 38.3 Å². The van der Waals surface area contributed by atoms with E-state index in [0.717, 1.165) is 37.9 Å². The summed E-state index contributed by atoms with van der Waals surface area (Å²) in [7, 11) is 0. The molecule has 2 aliphatic heterocycles. The van der Waals surface area contributed by atoms with E-state index >= 15 is 0 Å². The molecule has 2 N–H and O–H groups in total. The number of anilines is 1. The fourth-order valence-corrected chi connectivity index (χ4v) is 5.17. The van der Waals surface area contributed by atoms with Gasteiger partial charge in [0.05, 0.1) is 24.3 Å². The Balaban J connectivity index is 1.36. The van der Waals surface area contributed by atoms with E-state index in [9.17, 15) is 28.2 Å². The lowest BCUT2D eigenvalue weighted by Gasteiger charge is -2.44. The van der Waals surface area contributed by atoms with Crippen molar-refractivity contribution in [3.8, 4) is 0 Å². The Kier molecular flexibility index (Phi) is 6.44. The van der Waals surface area contributed by atoms with Crippen molar-refractivity contribution in [3.63, 3.8) is 0 Å². The van der Waals surface area contributed by atoms with E-state index in [1.54, 1.807) is 22.8 Å². The van der Waals surface area contributed by atoms with Crippen LogP contribution >= 0.6 is 0 Å². The number of likely N-dealkylation sites (tertiary alicyclic amines) is 1. The highest BCUT2D eigenvalue weighted by atomic mass is 19.4. The quantitative estimate of drug-likeness (QED) is 0.690. The summed E-state index contributed by atoms with van der Waals surface area (Å²) in [6, 6.07) is 4.09. The van der Waals surface area contributed by atoms with Crippen molar-refractivity contribution in [1.29, 1.82) is 0 Å². The number of alkyl halides is 3. The van der Waals surface area contributed by atoms with Crippen molar-refractivity contribution in [3.05, 3.63) is 29.8 Å². The maximum Gasteiger partial charge on any atom is 0.416 e. The maximum absolute atomic E-state index is 13.1. The van der Waals surface area contributed by atoms with Crippen LogP contribution < -0.4 is 4.90 Å². The molecule has 32 heavy (non-hydrogen) atoms. The highest BCUT2D eigenvalue weighted by Crippen LogP contribution is 2.53. The van der Waals surface area contributed by atoms with Gasteiger partial charge in [-0.05, 0) is 62.8 Å². The molecular weight excluding hydrogens is 423 g/mol. The standard InChI is InChI=1S/C23H32F3N3O3/c1-16-21(32)29(12-11-28(16)18-4-2-3-17(13-18)23(24,25)26)19(15-30)5-9-27-10-8-22(6-7-22)20(31)14-27/h2-4,13,16,19-20,30-31H,5-12,14-15H2,1H3/t16?,19?,20-/m1/s1. The second-order valence-corrected chi connectivity index (χ2v) is 9.50. The van der Waals surface area contributed by atoms with E-state index < -0.39 is 17.8 Å². The molecule has 0 aromatic heterocycles. The molecule has 4 rings (SSSR count). The largest absolute Gasteiger partial charge is 0.416 e. The van der Waals surface area contributed by atoms with Crippen molar-refractivity contribution >= 4 is 11.6 Å². The van der Waals surface area contributed by atoms with Crippen LogP contribution in [0.1, 0.15) is 38.2 Å². The molecule has 6 nitrogen and oxygen atoms in total. The fourth-order valence-electron chi connectivity index (χ4n) is 5.17. The van der Waals surface area contributed by atoms with Crippen molar-refractivity contribution in [1.82, 2.24) is 9.80 Å². The molecule has 1 aliphatic carbocycles. The van der Waals surface area contributed by atoms with Gasteiger partial charge in [-0.3, -0.25) is 4.79 Å². The predicted octanol–water partition coefficient (Wildman–Crippen LogP) is 2.34. The number of aliphatic hydroxyl groups is 2. The molecule has 2 unspecified atom stereocenters. The third-order valence-corrected chi connectivity index (χ3v) is 7.58. The molecule has 178 valence electrons. The minimum atomic E-state index is -4.44. The second-order valence-electron chi connectivity index (χ2n) is 9.50. The molecular formula is C23H32F3N3O3. The number of carbonyl (C=O) groups excluding carboxylic acids is 1. The Hall–Kier alpha value is -1.84. The molecule has 2 heterocycles. The van der Waals surface area contributed by atoms with Gasteiger partial charge in [0.15, 0.2) is 0 Å². The summed E-state index contributed by atoms with van der Waals surface area (Å²) in [6.45, 7) is 4.51. The molecule has 1 saturated carbocycles. The normalized spacial score (nSPS) is 27.1. The van der Waals surface area contributed by atoms with Gasteiger partial charge in [0.2, 0.25) is 5.91 Å². The first kappa shape index (κ1) is 23.3. The van der Waals surface area contributed by atoms with Crippen LogP contribution in [0.3, 0.4) is 0 Å². The SMILES string of the molecule is CC1C(=O)N(C(CO)CCN2CCC3(CC3)[C@H](O)C2)CCN1c1cccc(C(F)(F)F)c1. The zero-order chi connectivity index (χ0) is 23.1. The Morgan fingerprint density at radius 1 is 1.19 bits per heavy atom. The Labute approximate surface area is 186 Å². The van der Waals surface area contributed by atoms with Crippen LogP contribution in [-0.2, 0) is 11.0 Å². The van der Waals surface area contributed by atoms with Crippen LogP contribution in [0, 0.1) is 5.41 Å². The summed E-state index contributed by atoms with van der Waals surface area (Å²) in [5.74, 6) is -0.191. The molecule has 1 aromatic rings. The molecule has 1 aromatic carbocycles. The lowest BCUT2D eigenvalue weighted by molar-refractivity contribution is -0.137. The van der Waals surface area contributed by atoms with Gasteiger partial charge in [-0.15, -0.1) is 0 Å². The van der Waals surface area contributed by atoms with Crippen LogP contribution in [-0.4, -0.2) is 83.4 Å². The van der Waals surface area contributed by atoms with Gasteiger partial charge in [0.25, 0.3) is 0 Å².